The lowest BCUT2D eigenvalue weighted by molar-refractivity contribution is -0.128. The van der Waals surface area contributed by atoms with Gasteiger partial charge in [-0.1, -0.05) is 35.9 Å². The van der Waals surface area contributed by atoms with Crippen LogP contribution in [0, 0.1) is 18.6 Å². The van der Waals surface area contributed by atoms with Gasteiger partial charge in [-0.25, -0.2) is 13.8 Å². The van der Waals surface area contributed by atoms with Crippen molar-refractivity contribution >= 4 is 23.1 Å². The minimum absolute atomic E-state index is 0.0544. The second-order valence-electron chi connectivity index (χ2n) is 12.5. The molecule has 2 fully saturated rings. The maximum atomic E-state index is 14.6. The fourth-order valence-electron chi connectivity index (χ4n) is 6.40. The number of rotatable bonds is 14. The first-order valence-corrected chi connectivity index (χ1v) is 16.8. The Kier molecular flexibility index (Phi) is 10.7. The summed E-state index contributed by atoms with van der Waals surface area (Å²) in [5.41, 5.74) is 5.93. The molecule has 3 aliphatic rings. The molecule has 3 N–H and O–H groups in total. The van der Waals surface area contributed by atoms with Crippen LogP contribution in [-0.2, 0) is 17.8 Å². The van der Waals surface area contributed by atoms with E-state index in [4.69, 9.17) is 26.2 Å². The molecule has 47 heavy (non-hydrogen) atoms. The fourth-order valence-corrected chi connectivity index (χ4v) is 6.61. The van der Waals surface area contributed by atoms with Crippen molar-refractivity contribution in [1.29, 1.82) is 0 Å². The zero-order chi connectivity index (χ0) is 32.9. The van der Waals surface area contributed by atoms with Crippen LogP contribution in [0.4, 0.5) is 8.78 Å². The largest absolute Gasteiger partial charge is 0.489 e. The van der Waals surface area contributed by atoms with Gasteiger partial charge in [0.05, 0.1) is 19.3 Å². The normalized spacial score (nSPS) is 19.1. The number of nitrogens with one attached hydrogen (secondary N) is 2. The predicted octanol–water partition coefficient (Wildman–Crippen LogP) is 5.37. The molecule has 0 spiro atoms. The van der Waals surface area contributed by atoms with Crippen molar-refractivity contribution in [3.05, 3.63) is 93.1 Å². The quantitative estimate of drug-likeness (QED) is 0.157. The van der Waals surface area contributed by atoms with Gasteiger partial charge in [-0.2, -0.15) is 0 Å². The molecule has 2 aromatic carbocycles. The van der Waals surface area contributed by atoms with Crippen molar-refractivity contribution in [1.82, 2.24) is 20.5 Å². The maximum absolute atomic E-state index is 14.6. The molecule has 1 saturated carbocycles. The molecule has 2 atom stereocenters. The summed E-state index contributed by atoms with van der Waals surface area (Å²) in [6.45, 7) is 4.60. The highest BCUT2D eigenvalue weighted by atomic mass is 35.5. The zero-order valence-corrected chi connectivity index (χ0v) is 27.3. The van der Waals surface area contributed by atoms with E-state index in [0.717, 1.165) is 71.3 Å². The summed E-state index contributed by atoms with van der Waals surface area (Å²) >= 11 is 5.88. The Balaban J connectivity index is 1.19. The molecule has 8 nitrogen and oxygen atoms in total. The summed E-state index contributed by atoms with van der Waals surface area (Å²) in [4.78, 5) is 21.0. The number of halogens is 3. The fraction of sp³-hybridized carbons (Fsp3) is 0.444. The third-order valence-corrected chi connectivity index (χ3v) is 9.44. The van der Waals surface area contributed by atoms with Gasteiger partial charge >= 0.3 is 0 Å². The molecule has 1 unspecified atom stereocenters. The number of nitrogens with zero attached hydrogens (tertiary/aromatic N) is 2. The summed E-state index contributed by atoms with van der Waals surface area (Å²) in [5.74, 6) is -1.07. The van der Waals surface area contributed by atoms with Crippen molar-refractivity contribution < 1.29 is 28.2 Å². The molecule has 0 radical (unpaired) electrons. The Labute approximate surface area is 279 Å². The van der Waals surface area contributed by atoms with E-state index in [1.807, 2.05) is 17.9 Å². The summed E-state index contributed by atoms with van der Waals surface area (Å²) in [6, 6.07) is 12.6. The van der Waals surface area contributed by atoms with Gasteiger partial charge in [0, 0.05) is 62.1 Å². The Morgan fingerprint density at radius 1 is 1.04 bits per heavy atom. The molecule has 250 valence electrons. The minimum atomic E-state index is -0.717. The first kappa shape index (κ1) is 33.3. The maximum Gasteiger partial charge on any atom is 0.252 e. The van der Waals surface area contributed by atoms with Gasteiger partial charge in [-0.05, 0) is 79.5 Å². The zero-order valence-electron chi connectivity index (χ0n) is 26.5. The summed E-state index contributed by atoms with van der Waals surface area (Å²) in [5, 5.41) is 16.0. The lowest BCUT2D eigenvalue weighted by Gasteiger charge is -2.41. The molecule has 1 saturated heterocycles. The number of fused-ring (bicyclic) bond motifs is 2. The van der Waals surface area contributed by atoms with Crippen LogP contribution < -0.4 is 20.1 Å². The number of carbonyl (C=O) groups is 1. The van der Waals surface area contributed by atoms with Crippen molar-refractivity contribution in [2.45, 2.75) is 70.1 Å². The van der Waals surface area contributed by atoms with Crippen LogP contribution in [0.25, 0.3) is 5.57 Å². The summed E-state index contributed by atoms with van der Waals surface area (Å²) < 4.78 is 39.0. The number of carbonyl (C=O) groups excluding carboxylic acids is 1. The lowest BCUT2D eigenvalue weighted by atomic mass is 9.83. The van der Waals surface area contributed by atoms with Gasteiger partial charge in [-0.15, -0.1) is 0 Å². The molecule has 1 amide bonds. The standard InChI is InChI=1S/C36H41ClF2N4O4/c1-22-25(13-14-41-35(22)47-17-3-15-44)21-43(27-9-10-27)36(45)32-28(18-26-19-40-20-31(32)42-26)24-7-5-23(6-8-24)4-2-16-46-34-30(39)12-11-29(38)33(34)37/h5-8,11-14,26-27,31,40,42,44H,2-4,9-10,15-21H2,1H3/t26?,31-/m1/s1. The Hall–Kier alpha value is -3.57. The van der Waals surface area contributed by atoms with E-state index in [9.17, 15) is 13.6 Å². The molecule has 3 heterocycles. The average Bonchev–Trinajstić information content (AvgIpc) is 3.92. The minimum Gasteiger partial charge on any atom is -0.489 e. The van der Waals surface area contributed by atoms with E-state index in [2.05, 4.69) is 39.9 Å². The molecule has 11 heteroatoms. The van der Waals surface area contributed by atoms with E-state index in [1.54, 1.807) is 6.20 Å². The number of amides is 1. The highest BCUT2D eigenvalue weighted by Gasteiger charge is 2.41. The second-order valence-corrected chi connectivity index (χ2v) is 12.9. The van der Waals surface area contributed by atoms with Crippen LogP contribution in [0.15, 0.2) is 54.2 Å². The first-order chi connectivity index (χ1) is 22.8. The number of aryl methyl sites for hydroxylation is 1. The highest BCUT2D eigenvalue weighted by Crippen LogP contribution is 2.37. The van der Waals surface area contributed by atoms with Crippen LogP contribution in [0.3, 0.4) is 0 Å². The number of hydrogen-bond donors (Lipinski definition) is 3. The topological polar surface area (TPSA) is 96.0 Å². The molecule has 2 aliphatic heterocycles. The van der Waals surface area contributed by atoms with Gasteiger partial charge in [0.1, 0.15) is 10.8 Å². The van der Waals surface area contributed by atoms with Gasteiger partial charge in [0.25, 0.3) is 5.91 Å². The van der Waals surface area contributed by atoms with Crippen LogP contribution >= 0.6 is 11.6 Å². The van der Waals surface area contributed by atoms with Crippen LogP contribution in [0.2, 0.25) is 5.02 Å². The SMILES string of the molecule is Cc1c(CN(C(=O)C2=C(c3ccc(CCCOc4c(F)ccc(F)c4Cl)cc3)CC3CNC[C@H]2N3)C2CC2)ccnc1OCCCO. The van der Waals surface area contributed by atoms with Gasteiger partial charge in [0.15, 0.2) is 11.6 Å². The van der Waals surface area contributed by atoms with Crippen molar-refractivity contribution in [3.8, 4) is 11.6 Å². The third-order valence-electron chi connectivity index (χ3n) is 9.09. The third kappa shape index (κ3) is 7.78. The Morgan fingerprint density at radius 3 is 2.57 bits per heavy atom. The van der Waals surface area contributed by atoms with Crippen molar-refractivity contribution in [2.24, 2.45) is 0 Å². The lowest BCUT2D eigenvalue weighted by Crippen LogP contribution is -2.60. The molecule has 1 aliphatic carbocycles. The summed E-state index contributed by atoms with van der Waals surface area (Å²) in [7, 11) is 0. The van der Waals surface area contributed by atoms with Crippen molar-refractivity contribution in [3.63, 3.8) is 0 Å². The molecule has 1 aromatic heterocycles. The smallest absolute Gasteiger partial charge is 0.252 e. The molecule has 3 aromatic rings. The predicted molar refractivity (Wildman–Crippen MR) is 176 cm³/mol. The number of benzene rings is 2. The second kappa shape index (κ2) is 15.1. The Morgan fingerprint density at radius 2 is 1.81 bits per heavy atom. The van der Waals surface area contributed by atoms with E-state index < -0.39 is 11.6 Å². The van der Waals surface area contributed by atoms with Gasteiger partial charge in [-0.3, -0.25) is 4.79 Å². The van der Waals surface area contributed by atoms with E-state index in [0.29, 0.717) is 44.8 Å². The van der Waals surface area contributed by atoms with Gasteiger partial charge < -0.3 is 30.1 Å². The number of aromatic nitrogens is 1. The van der Waals surface area contributed by atoms with Crippen LogP contribution in [-0.4, -0.2) is 71.9 Å². The molecular weight excluding hydrogens is 626 g/mol. The van der Waals surface area contributed by atoms with Crippen LogP contribution in [0.1, 0.15) is 54.4 Å². The molecule has 6 rings (SSSR count). The number of hydrogen-bond acceptors (Lipinski definition) is 7. The van der Waals surface area contributed by atoms with E-state index >= 15 is 0 Å². The average molecular weight is 667 g/mol. The van der Waals surface area contributed by atoms with E-state index in [-0.39, 0.29) is 48.0 Å². The number of pyridine rings is 1. The van der Waals surface area contributed by atoms with E-state index in [1.165, 1.54) is 0 Å². The highest BCUT2D eigenvalue weighted by molar-refractivity contribution is 6.32. The van der Waals surface area contributed by atoms with Crippen molar-refractivity contribution in [2.75, 3.05) is 32.9 Å². The summed E-state index contributed by atoms with van der Waals surface area (Å²) in [6.07, 6.45) is 6.23. The van der Waals surface area contributed by atoms with Gasteiger partial charge in [0.2, 0.25) is 5.88 Å². The first-order valence-electron chi connectivity index (χ1n) is 16.4. The number of piperazine rings is 1. The number of ether oxygens (including phenoxy) is 2. The Bertz CT molecular complexity index is 1620. The molecular formula is C36H41ClF2N4O4. The molecule has 2 bridgehead atoms. The van der Waals surface area contributed by atoms with Crippen LogP contribution in [0.5, 0.6) is 11.6 Å². The monoisotopic (exact) mass is 666 g/mol. The number of aliphatic hydroxyl groups excluding tert-OH is 1. The number of aliphatic hydroxyl groups is 1.